The number of rotatable bonds is 4. The van der Waals surface area contributed by atoms with Gasteiger partial charge in [-0.15, -0.1) is 0 Å². The van der Waals surface area contributed by atoms with E-state index in [4.69, 9.17) is 9.84 Å². The van der Waals surface area contributed by atoms with Gasteiger partial charge >= 0.3 is 5.97 Å². The summed E-state index contributed by atoms with van der Waals surface area (Å²) in [4.78, 5) is 11.1. The molecule has 0 aliphatic rings. The molecule has 3 nitrogen and oxygen atoms in total. The fourth-order valence-corrected chi connectivity index (χ4v) is 2.14. The van der Waals surface area contributed by atoms with Crippen molar-refractivity contribution in [2.45, 2.75) is 27.4 Å². The van der Waals surface area contributed by atoms with Crippen LogP contribution in [0.15, 0.2) is 30.3 Å². The van der Waals surface area contributed by atoms with Crippen molar-refractivity contribution in [2.75, 3.05) is 0 Å². The Kier molecular flexibility index (Phi) is 4.26. The minimum Gasteiger partial charge on any atom is -0.488 e. The van der Waals surface area contributed by atoms with Gasteiger partial charge in [0.1, 0.15) is 18.2 Å². The average Bonchev–Trinajstić information content (AvgIpc) is 2.47. The van der Waals surface area contributed by atoms with Crippen molar-refractivity contribution in [3.05, 3.63) is 64.0 Å². The number of hydrogen-bond donors (Lipinski definition) is 1. The molecule has 0 spiro atoms. The molecule has 110 valence electrons. The van der Waals surface area contributed by atoms with Gasteiger partial charge in [0.25, 0.3) is 0 Å². The number of hydrogen-bond acceptors (Lipinski definition) is 2. The molecule has 2 rings (SSSR count). The van der Waals surface area contributed by atoms with Crippen molar-refractivity contribution < 1.29 is 19.0 Å². The van der Waals surface area contributed by atoms with Crippen LogP contribution < -0.4 is 4.74 Å². The molecule has 1 N–H and O–H groups in total. The van der Waals surface area contributed by atoms with E-state index in [2.05, 4.69) is 0 Å². The van der Waals surface area contributed by atoms with Gasteiger partial charge in [0, 0.05) is 11.1 Å². The van der Waals surface area contributed by atoms with Crippen molar-refractivity contribution in [2.24, 2.45) is 0 Å². The molecule has 0 heterocycles. The van der Waals surface area contributed by atoms with Crippen LogP contribution in [0.1, 0.15) is 32.6 Å². The SMILES string of the molecule is Cc1cc(OCc2ccccc2C(=O)O)c(C)c(F)c1C. The first kappa shape index (κ1) is 15.0. The van der Waals surface area contributed by atoms with Crippen LogP contribution in [0.2, 0.25) is 0 Å². The monoisotopic (exact) mass is 288 g/mol. The summed E-state index contributed by atoms with van der Waals surface area (Å²) in [6.45, 7) is 5.28. The highest BCUT2D eigenvalue weighted by atomic mass is 19.1. The second-order valence-electron chi connectivity index (χ2n) is 5.01. The Morgan fingerprint density at radius 1 is 1.19 bits per heavy atom. The van der Waals surface area contributed by atoms with Gasteiger partial charge in [0.05, 0.1) is 5.56 Å². The summed E-state index contributed by atoms with van der Waals surface area (Å²) in [5.74, 6) is -0.843. The van der Waals surface area contributed by atoms with Crippen LogP contribution in [0.4, 0.5) is 4.39 Å². The molecule has 2 aromatic carbocycles. The first-order valence-corrected chi connectivity index (χ1v) is 6.62. The first-order valence-electron chi connectivity index (χ1n) is 6.62. The molecular formula is C17H17FO3. The molecule has 0 aromatic heterocycles. The third-order valence-corrected chi connectivity index (χ3v) is 3.60. The second kappa shape index (κ2) is 5.95. The number of benzene rings is 2. The van der Waals surface area contributed by atoms with Gasteiger partial charge in [-0.1, -0.05) is 18.2 Å². The molecule has 0 unspecified atom stereocenters. The summed E-state index contributed by atoms with van der Waals surface area (Å²) in [7, 11) is 0. The maximum absolute atomic E-state index is 14.0. The molecule has 0 aliphatic heterocycles. The van der Waals surface area contributed by atoms with Gasteiger partial charge in [-0.05, 0) is 44.0 Å². The maximum atomic E-state index is 14.0. The third-order valence-electron chi connectivity index (χ3n) is 3.60. The van der Waals surface area contributed by atoms with E-state index in [1.807, 2.05) is 6.92 Å². The van der Waals surface area contributed by atoms with Crippen LogP contribution in [0, 0.1) is 26.6 Å². The van der Waals surface area contributed by atoms with E-state index in [0.717, 1.165) is 5.56 Å². The first-order chi connectivity index (χ1) is 9.91. The van der Waals surface area contributed by atoms with Gasteiger partial charge in [-0.25, -0.2) is 9.18 Å². The summed E-state index contributed by atoms with van der Waals surface area (Å²) in [5.41, 5.74) is 2.60. The summed E-state index contributed by atoms with van der Waals surface area (Å²) in [5, 5.41) is 9.13. The molecule has 21 heavy (non-hydrogen) atoms. The predicted molar refractivity (Wildman–Crippen MR) is 78.3 cm³/mol. The molecule has 0 amide bonds. The Morgan fingerprint density at radius 3 is 2.52 bits per heavy atom. The molecule has 0 saturated heterocycles. The molecule has 0 atom stereocenters. The van der Waals surface area contributed by atoms with Crippen LogP contribution in [0.3, 0.4) is 0 Å². The lowest BCUT2D eigenvalue weighted by Crippen LogP contribution is -2.06. The number of carbonyl (C=O) groups is 1. The smallest absolute Gasteiger partial charge is 0.336 e. The number of ether oxygens (including phenoxy) is 1. The zero-order valence-electron chi connectivity index (χ0n) is 12.2. The Hall–Kier alpha value is -2.36. The zero-order chi connectivity index (χ0) is 15.6. The van der Waals surface area contributed by atoms with Crippen molar-refractivity contribution in [1.29, 1.82) is 0 Å². The van der Waals surface area contributed by atoms with Crippen LogP contribution in [-0.4, -0.2) is 11.1 Å². The van der Waals surface area contributed by atoms with E-state index in [-0.39, 0.29) is 18.0 Å². The highest BCUT2D eigenvalue weighted by Crippen LogP contribution is 2.27. The van der Waals surface area contributed by atoms with E-state index >= 15 is 0 Å². The quantitative estimate of drug-likeness (QED) is 0.924. The minimum atomic E-state index is -1.00. The van der Waals surface area contributed by atoms with Crippen molar-refractivity contribution >= 4 is 5.97 Å². The highest BCUT2D eigenvalue weighted by molar-refractivity contribution is 5.89. The molecule has 0 saturated carbocycles. The Labute approximate surface area is 123 Å². The van der Waals surface area contributed by atoms with Gasteiger partial charge in [-0.2, -0.15) is 0 Å². The molecule has 4 heteroatoms. The van der Waals surface area contributed by atoms with Crippen LogP contribution in [-0.2, 0) is 6.61 Å². The second-order valence-corrected chi connectivity index (χ2v) is 5.01. The molecular weight excluding hydrogens is 271 g/mol. The van der Waals surface area contributed by atoms with Gasteiger partial charge in [-0.3, -0.25) is 0 Å². The Bertz CT molecular complexity index is 693. The molecule has 0 radical (unpaired) electrons. The summed E-state index contributed by atoms with van der Waals surface area (Å²) in [6.07, 6.45) is 0. The lowest BCUT2D eigenvalue weighted by molar-refractivity contribution is 0.0694. The molecule has 0 aliphatic carbocycles. The van der Waals surface area contributed by atoms with Gasteiger partial charge in [0.15, 0.2) is 0 Å². The number of carboxylic acids is 1. The average molecular weight is 288 g/mol. The summed E-state index contributed by atoms with van der Waals surface area (Å²) in [6, 6.07) is 8.40. The fourth-order valence-electron chi connectivity index (χ4n) is 2.14. The van der Waals surface area contributed by atoms with Gasteiger partial charge < -0.3 is 9.84 Å². The van der Waals surface area contributed by atoms with Crippen LogP contribution in [0.25, 0.3) is 0 Å². The largest absolute Gasteiger partial charge is 0.488 e. The Morgan fingerprint density at radius 2 is 1.86 bits per heavy atom. The summed E-state index contributed by atoms with van der Waals surface area (Å²) < 4.78 is 19.6. The molecule has 0 fully saturated rings. The van der Waals surface area contributed by atoms with Crippen molar-refractivity contribution in [1.82, 2.24) is 0 Å². The van der Waals surface area contributed by atoms with Crippen molar-refractivity contribution in [3.8, 4) is 5.75 Å². The number of halogens is 1. The topological polar surface area (TPSA) is 46.5 Å². The van der Waals surface area contributed by atoms with Gasteiger partial charge in [0.2, 0.25) is 0 Å². The normalized spacial score (nSPS) is 10.5. The fraction of sp³-hybridized carbons (Fsp3) is 0.235. The van der Waals surface area contributed by atoms with Crippen molar-refractivity contribution in [3.63, 3.8) is 0 Å². The van der Waals surface area contributed by atoms with E-state index < -0.39 is 5.97 Å². The Balaban J connectivity index is 2.27. The number of carboxylic acid groups (broad SMARTS) is 1. The predicted octanol–water partition coefficient (Wildman–Crippen LogP) is 4.03. The summed E-state index contributed by atoms with van der Waals surface area (Å²) >= 11 is 0. The minimum absolute atomic E-state index is 0.0885. The lowest BCUT2D eigenvalue weighted by atomic mass is 10.0. The van der Waals surface area contributed by atoms with E-state index in [0.29, 0.717) is 22.4 Å². The van der Waals surface area contributed by atoms with E-state index in [9.17, 15) is 9.18 Å². The third kappa shape index (κ3) is 3.05. The number of aromatic carboxylic acids is 1. The highest BCUT2D eigenvalue weighted by Gasteiger charge is 2.13. The van der Waals surface area contributed by atoms with Crippen LogP contribution in [0.5, 0.6) is 5.75 Å². The zero-order valence-corrected chi connectivity index (χ0v) is 12.2. The van der Waals surface area contributed by atoms with E-state index in [1.165, 1.54) is 6.07 Å². The number of aryl methyl sites for hydroxylation is 1. The molecule has 0 bridgehead atoms. The molecule has 2 aromatic rings. The standard InChI is InChI=1S/C17H17FO3/c1-10-8-15(12(3)16(18)11(10)2)21-9-13-6-4-5-7-14(13)17(19)20/h4-8H,9H2,1-3H3,(H,19,20). The maximum Gasteiger partial charge on any atom is 0.336 e. The van der Waals surface area contributed by atoms with Crippen LogP contribution >= 0.6 is 0 Å². The lowest BCUT2D eigenvalue weighted by Gasteiger charge is -2.14. The van der Waals surface area contributed by atoms with E-state index in [1.54, 1.807) is 38.1 Å².